The third kappa shape index (κ3) is 2.54. The molecule has 1 aliphatic rings. The molecule has 0 amide bonds. The summed E-state index contributed by atoms with van der Waals surface area (Å²) < 4.78 is 11.4. The van der Waals surface area contributed by atoms with Gasteiger partial charge in [0, 0.05) is 44.0 Å². The molecule has 1 atom stereocenters. The molecule has 0 saturated carbocycles. The molecule has 0 spiro atoms. The second-order valence-corrected chi connectivity index (χ2v) is 5.41. The van der Waals surface area contributed by atoms with Gasteiger partial charge >= 0.3 is 0 Å². The molecule has 1 aliphatic heterocycles. The van der Waals surface area contributed by atoms with Gasteiger partial charge in [-0.15, -0.1) is 0 Å². The van der Waals surface area contributed by atoms with Crippen LogP contribution < -0.4 is 14.8 Å². The number of aromatic nitrogens is 1. The lowest BCUT2D eigenvalue weighted by atomic mass is 10.1. The zero-order valence-corrected chi connectivity index (χ0v) is 11.9. The Hall–Kier alpha value is -2.23. The molecule has 3 rings (SSSR count). The Bertz CT molecular complexity index is 611. The topological polar surface area (TPSA) is 43.4 Å². The summed E-state index contributed by atoms with van der Waals surface area (Å²) in [6.07, 6.45) is 3.60. The molecule has 2 aromatic rings. The maximum absolute atomic E-state index is 5.75. The summed E-state index contributed by atoms with van der Waals surface area (Å²) >= 11 is 0. The minimum atomic E-state index is -0.586. The van der Waals surface area contributed by atoms with Gasteiger partial charge in [0.2, 0.25) is 5.79 Å². The maximum atomic E-state index is 5.75. The van der Waals surface area contributed by atoms with E-state index in [2.05, 4.69) is 17.2 Å². The standard InChI is InChI=1S/C16H18N2O2/c1-11(12-6-8-17-9-7-12)18-13-4-5-14-15(10-13)20-16(2,3)19-14/h4-11,18H,1-3H3. The van der Waals surface area contributed by atoms with Gasteiger partial charge in [0.15, 0.2) is 11.5 Å². The number of hydrogen-bond donors (Lipinski definition) is 1. The van der Waals surface area contributed by atoms with Gasteiger partial charge in [0.25, 0.3) is 0 Å². The van der Waals surface area contributed by atoms with E-state index >= 15 is 0 Å². The Morgan fingerprint density at radius 3 is 2.50 bits per heavy atom. The fourth-order valence-electron chi connectivity index (χ4n) is 2.30. The molecular weight excluding hydrogens is 252 g/mol. The molecule has 4 nitrogen and oxygen atoms in total. The van der Waals surface area contributed by atoms with Gasteiger partial charge in [-0.3, -0.25) is 4.98 Å². The number of ether oxygens (including phenoxy) is 2. The van der Waals surface area contributed by atoms with Gasteiger partial charge in [-0.25, -0.2) is 0 Å². The zero-order valence-electron chi connectivity index (χ0n) is 11.9. The average molecular weight is 270 g/mol. The highest BCUT2D eigenvalue weighted by Gasteiger charge is 2.31. The van der Waals surface area contributed by atoms with Crippen molar-refractivity contribution in [2.24, 2.45) is 0 Å². The van der Waals surface area contributed by atoms with Gasteiger partial charge in [0.05, 0.1) is 0 Å². The van der Waals surface area contributed by atoms with Crippen LogP contribution in [0.4, 0.5) is 5.69 Å². The molecule has 0 saturated heterocycles. The van der Waals surface area contributed by atoms with Crippen molar-refractivity contribution in [3.05, 3.63) is 48.3 Å². The first-order valence-corrected chi connectivity index (χ1v) is 6.72. The van der Waals surface area contributed by atoms with E-state index in [9.17, 15) is 0 Å². The van der Waals surface area contributed by atoms with Gasteiger partial charge in [-0.2, -0.15) is 0 Å². The van der Waals surface area contributed by atoms with Crippen molar-refractivity contribution in [1.29, 1.82) is 0 Å². The fourth-order valence-corrected chi connectivity index (χ4v) is 2.30. The van der Waals surface area contributed by atoms with Crippen LogP contribution in [0.25, 0.3) is 0 Å². The Labute approximate surface area is 118 Å². The predicted molar refractivity (Wildman–Crippen MR) is 78.1 cm³/mol. The molecule has 1 aromatic heterocycles. The molecule has 0 bridgehead atoms. The first-order chi connectivity index (χ1) is 9.53. The minimum Gasteiger partial charge on any atom is -0.449 e. The molecule has 4 heteroatoms. The maximum Gasteiger partial charge on any atom is 0.246 e. The van der Waals surface area contributed by atoms with Crippen molar-refractivity contribution < 1.29 is 9.47 Å². The molecule has 2 heterocycles. The second-order valence-electron chi connectivity index (χ2n) is 5.41. The number of benzene rings is 1. The lowest BCUT2D eigenvalue weighted by molar-refractivity contribution is -0.0431. The Balaban J connectivity index is 1.77. The van der Waals surface area contributed by atoms with Gasteiger partial charge in [-0.1, -0.05) is 0 Å². The van der Waals surface area contributed by atoms with E-state index in [1.54, 1.807) is 12.4 Å². The number of anilines is 1. The van der Waals surface area contributed by atoms with Crippen LogP contribution in [0.2, 0.25) is 0 Å². The SMILES string of the molecule is CC(Nc1ccc2c(c1)OC(C)(C)O2)c1ccncc1. The van der Waals surface area contributed by atoms with Crippen molar-refractivity contribution >= 4 is 5.69 Å². The van der Waals surface area contributed by atoms with Crippen LogP contribution in [0.15, 0.2) is 42.7 Å². The van der Waals surface area contributed by atoms with Crippen molar-refractivity contribution in [3.63, 3.8) is 0 Å². The largest absolute Gasteiger partial charge is 0.449 e. The summed E-state index contributed by atoms with van der Waals surface area (Å²) in [5.74, 6) is 0.983. The zero-order chi connectivity index (χ0) is 14.2. The highest BCUT2D eigenvalue weighted by molar-refractivity contribution is 5.57. The summed E-state index contributed by atoms with van der Waals surface area (Å²) in [7, 11) is 0. The van der Waals surface area contributed by atoms with Crippen LogP contribution >= 0.6 is 0 Å². The summed E-state index contributed by atoms with van der Waals surface area (Å²) in [4.78, 5) is 4.03. The Morgan fingerprint density at radius 1 is 1.05 bits per heavy atom. The average Bonchev–Trinajstić information content (AvgIpc) is 2.73. The molecule has 104 valence electrons. The number of fused-ring (bicyclic) bond motifs is 1. The second kappa shape index (κ2) is 4.71. The summed E-state index contributed by atoms with van der Waals surface area (Å²) in [5.41, 5.74) is 2.20. The molecule has 1 N–H and O–H groups in total. The monoisotopic (exact) mass is 270 g/mol. The van der Waals surface area contributed by atoms with Crippen LogP contribution in [-0.4, -0.2) is 10.8 Å². The number of rotatable bonds is 3. The van der Waals surface area contributed by atoms with E-state index in [1.807, 2.05) is 44.2 Å². The van der Waals surface area contributed by atoms with E-state index in [1.165, 1.54) is 5.56 Å². The Kier molecular flexibility index (Phi) is 3.01. The van der Waals surface area contributed by atoms with Crippen LogP contribution in [0, 0.1) is 0 Å². The quantitative estimate of drug-likeness (QED) is 0.922. The predicted octanol–water partition coefficient (Wildman–Crippen LogP) is 3.76. The fraction of sp³-hybridized carbons (Fsp3) is 0.312. The van der Waals surface area contributed by atoms with E-state index in [0.29, 0.717) is 0 Å². The van der Waals surface area contributed by atoms with Crippen molar-refractivity contribution in [2.45, 2.75) is 32.6 Å². The smallest absolute Gasteiger partial charge is 0.246 e. The van der Waals surface area contributed by atoms with E-state index in [4.69, 9.17) is 9.47 Å². The molecule has 20 heavy (non-hydrogen) atoms. The minimum absolute atomic E-state index is 0.200. The third-order valence-corrected chi connectivity index (χ3v) is 3.24. The molecule has 0 aliphatic carbocycles. The molecule has 1 unspecified atom stereocenters. The number of hydrogen-bond acceptors (Lipinski definition) is 4. The molecular formula is C16H18N2O2. The number of nitrogens with zero attached hydrogens (tertiary/aromatic N) is 1. The number of pyridine rings is 1. The first-order valence-electron chi connectivity index (χ1n) is 6.72. The van der Waals surface area contributed by atoms with E-state index < -0.39 is 5.79 Å². The first kappa shape index (κ1) is 12.8. The van der Waals surface area contributed by atoms with Crippen molar-refractivity contribution in [2.75, 3.05) is 5.32 Å². The lowest BCUT2D eigenvalue weighted by Crippen LogP contribution is -2.29. The third-order valence-electron chi connectivity index (χ3n) is 3.24. The Morgan fingerprint density at radius 2 is 1.75 bits per heavy atom. The van der Waals surface area contributed by atoms with E-state index in [0.717, 1.165) is 17.2 Å². The van der Waals surface area contributed by atoms with Gasteiger partial charge < -0.3 is 14.8 Å². The molecule has 1 aromatic carbocycles. The van der Waals surface area contributed by atoms with Crippen LogP contribution in [-0.2, 0) is 0 Å². The summed E-state index contributed by atoms with van der Waals surface area (Å²) in [6.45, 7) is 5.92. The lowest BCUT2D eigenvalue weighted by Gasteiger charge is -2.16. The highest BCUT2D eigenvalue weighted by atomic mass is 16.7. The van der Waals surface area contributed by atoms with Crippen molar-refractivity contribution in [3.8, 4) is 11.5 Å². The van der Waals surface area contributed by atoms with Crippen molar-refractivity contribution in [1.82, 2.24) is 4.98 Å². The molecule has 0 radical (unpaired) electrons. The normalized spacial score (nSPS) is 16.8. The molecule has 0 fully saturated rings. The van der Waals surface area contributed by atoms with E-state index in [-0.39, 0.29) is 6.04 Å². The highest BCUT2D eigenvalue weighted by Crippen LogP contribution is 2.41. The summed E-state index contributed by atoms with van der Waals surface area (Å²) in [6, 6.07) is 10.1. The van der Waals surface area contributed by atoms with Crippen LogP contribution in [0.3, 0.4) is 0 Å². The van der Waals surface area contributed by atoms with Crippen LogP contribution in [0.5, 0.6) is 11.5 Å². The van der Waals surface area contributed by atoms with Gasteiger partial charge in [0.1, 0.15) is 0 Å². The van der Waals surface area contributed by atoms with Gasteiger partial charge in [-0.05, 0) is 36.8 Å². The van der Waals surface area contributed by atoms with Crippen LogP contribution in [0.1, 0.15) is 32.4 Å². The summed E-state index contributed by atoms with van der Waals surface area (Å²) in [5, 5.41) is 3.45. The number of nitrogens with one attached hydrogen (secondary N) is 1.